The Kier molecular flexibility index (Phi) is 3.75. The van der Waals surface area contributed by atoms with Crippen molar-refractivity contribution in [1.82, 2.24) is 9.78 Å². The van der Waals surface area contributed by atoms with Gasteiger partial charge in [0.2, 0.25) is 0 Å². The summed E-state index contributed by atoms with van der Waals surface area (Å²) in [4.78, 5) is 0. The van der Waals surface area contributed by atoms with Crippen LogP contribution in [0.5, 0.6) is 0 Å². The van der Waals surface area contributed by atoms with E-state index >= 15 is 0 Å². The van der Waals surface area contributed by atoms with Gasteiger partial charge in [0.25, 0.3) is 0 Å². The maximum atomic E-state index is 13.6. The van der Waals surface area contributed by atoms with Crippen LogP contribution in [0.4, 0.5) is 8.78 Å². The quantitative estimate of drug-likeness (QED) is 0.813. The van der Waals surface area contributed by atoms with Crippen LogP contribution in [-0.4, -0.2) is 9.78 Å². The molecule has 1 aromatic heterocycles. The van der Waals surface area contributed by atoms with Crippen molar-refractivity contribution < 1.29 is 8.78 Å². The summed E-state index contributed by atoms with van der Waals surface area (Å²) in [5, 5.41) is 4.39. The second-order valence-electron chi connectivity index (χ2n) is 4.20. The summed E-state index contributed by atoms with van der Waals surface area (Å²) >= 11 is 0. The Morgan fingerprint density at radius 3 is 2.61 bits per heavy atom. The first-order chi connectivity index (χ1) is 8.65. The number of hydrogen-bond donors (Lipinski definition) is 0. The zero-order valence-corrected chi connectivity index (χ0v) is 10.6. The van der Waals surface area contributed by atoms with Crippen molar-refractivity contribution in [3.05, 3.63) is 52.9 Å². The number of nitrogens with zero attached hydrogens (tertiary/aromatic N) is 2. The molecule has 18 heavy (non-hydrogen) atoms. The van der Waals surface area contributed by atoms with Crippen LogP contribution < -0.4 is 0 Å². The predicted molar refractivity (Wildman–Crippen MR) is 66.4 cm³/mol. The van der Waals surface area contributed by atoms with E-state index in [-0.39, 0.29) is 6.54 Å². The Balaban J connectivity index is 2.33. The highest BCUT2D eigenvalue weighted by Crippen LogP contribution is 2.15. The van der Waals surface area contributed by atoms with Gasteiger partial charge >= 0.3 is 0 Å². The molecule has 0 aliphatic carbocycles. The molecule has 0 saturated carbocycles. The van der Waals surface area contributed by atoms with Gasteiger partial charge in [0.1, 0.15) is 0 Å². The molecule has 0 atom stereocenters. The molecule has 0 fully saturated rings. The van der Waals surface area contributed by atoms with Crippen LogP contribution in [0.15, 0.2) is 24.3 Å². The van der Waals surface area contributed by atoms with Gasteiger partial charge in [-0.1, -0.05) is 26.0 Å². The molecular formula is C14H16F2N2. The van der Waals surface area contributed by atoms with Gasteiger partial charge in [0.15, 0.2) is 11.6 Å². The van der Waals surface area contributed by atoms with E-state index in [2.05, 4.69) is 5.10 Å². The zero-order valence-electron chi connectivity index (χ0n) is 10.6. The fourth-order valence-electron chi connectivity index (χ4n) is 1.94. The molecule has 0 bridgehead atoms. The summed E-state index contributed by atoms with van der Waals surface area (Å²) in [7, 11) is 0. The van der Waals surface area contributed by atoms with Crippen LogP contribution in [0.2, 0.25) is 0 Å². The Morgan fingerprint density at radius 2 is 1.94 bits per heavy atom. The van der Waals surface area contributed by atoms with Gasteiger partial charge in [-0.2, -0.15) is 5.10 Å². The maximum Gasteiger partial charge on any atom is 0.163 e. The lowest BCUT2D eigenvalue weighted by Gasteiger charge is -2.07. The highest BCUT2D eigenvalue weighted by Gasteiger charge is 2.11. The summed E-state index contributed by atoms with van der Waals surface area (Å²) in [6.07, 6.45) is 1.66. The van der Waals surface area contributed by atoms with E-state index in [4.69, 9.17) is 0 Å². The summed E-state index contributed by atoms with van der Waals surface area (Å²) < 4.78 is 28.5. The first kappa shape index (κ1) is 12.7. The second kappa shape index (κ2) is 5.29. The number of hydrogen-bond acceptors (Lipinski definition) is 1. The van der Waals surface area contributed by atoms with Crippen molar-refractivity contribution in [3.8, 4) is 0 Å². The monoisotopic (exact) mass is 250 g/mol. The highest BCUT2D eigenvalue weighted by molar-refractivity contribution is 5.20. The summed E-state index contributed by atoms with van der Waals surface area (Å²) in [6, 6.07) is 6.24. The molecule has 2 nitrogen and oxygen atoms in total. The van der Waals surface area contributed by atoms with Crippen LogP contribution in [-0.2, 0) is 19.4 Å². The van der Waals surface area contributed by atoms with E-state index in [1.807, 2.05) is 19.9 Å². The number of aromatic nitrogens is 2. The fraction of sp³-hybridized carbons (Fsp3) is 0.357. The third-order valence-electron chi connectivity index (χ3n) is 2.99. The summed E-state index contributed by atoms with van der Waals surface area (Å²) in [5.74, 6) is -1.60. The Labute approximate surface area is 105 Å². The van der Waals surface area contributed by atoms with Crippen LogP contribution in [0.1, 0.15) is 30.8 Å². The first-order valence-electron chi connectivity index (χ1n) is 6.14. The third-order valence-corrected chi connectivity index (χ3v) is 2.99. The van der Waals surface area contributed by atoms with E-state index in [1.54, 1.807) is 10.7 Å². The molecule has 0 spiro atoms. The van der Waals surface area contributed by atoms with Crippen molar-refractivity contribution >= 4 is 0 Å². The lowest BCUT2D eigenvalue weighted by Crippen LogP contribution is -2.08. The number of rotatable bonds is 4. The average Bonchev–Trinajstić information content (AvgIpc) is 2.77. The molecule has 0 aliphatic heterocycles. The minimum atomic E-state index is -0.812. The Hall–Kier alpha value is -1.71. The van der Waals surface area contributed by atoms with E-state index in [0.29, 0.717) is 5.56 Å². The second-order valence-corrected chi connectivity index (χ2v) is 4.20. The zero-order chi connectivity index (χ0) is 13.1. The SMILES string of the molecule is CCc1cc(CC)n(Cc2cccc(F)c2F)n1. The van der Waals surface area contributed by atoms with E-state index in [1.165, 1.54) is 6.07 Å². The minimum absolute atomic E-state index is 0.271. The molecule has 0 saturated heterocycles. The van der Waals surface area contributed by atoms with Gasteiger partial charge < -0.3 is 0 Å². The normalized spacial score (nSPS) is 10.9. The molecule has 96 valence electrons. The van der Waals surface area contributed by atoms with Gasteiger partial charge in [-0.25, -0.2) is 8.78 Å². The topological polar surface area (TPSA) is 17.8 Å². The van der Waals surface area contributed by atoms with Crippen molar-refractivity contribution in [2.75, 3.05) is 0 Å². The lowest BCUT2D eigenvalue weighted by atomic mass is 10.2. The Bertz CT molecular complexity index is 547. The Morgan fingerprint density at radius 1 is 1.17 bits per heavy atom. The van der Waals surface area contributed by atoms with Gasteiger partial charge in [-0.3, -0.25) is 4.68 Å². The molecular weight excluding hydrogens is 234 g/mol. The molecule has 0 N–H and O–H groups in total. The van der Waals surface area contributed by atoms with Crippen molar-refractivity contribution in [3.63, 3.8) is 0 Å². The fourth-order valence-corrected chi connectivity index (χ4v) is 1.94. The average molecular weight is 250 g/mol. The lowest BCUT2D eigenvalue weighted by molar-refractivity contribution is 0.490. The smallest absolute Gasteiger partial charge is 0.163 e. The van der Waals surface area contributed by atoms with Gasteiger partial charge in [0.05, 0.1) is 12.2 Å². The molecule has 0 amide bonds. The van der Waals surface area contributed by atoms with E-state index in [9.17, 15) is 8.78 Å². The van der Waals surface area contributed by atoms with E-state index in [0.717, 1.165) is 30.3 Å². The minimum Gasteiger partial charge on any atom is -0.265 e. The molecule has 0 unspecified atom stereocenters. The van der Waals surface area contributed by atoms with Crippen LogP contribution in [0.3, 0.4) is 0 Å². The summed E-state index contributed by atoms with van der Waals surface area (Å²) in [6.45, 7) is 4.32. The van der Waals surface area contributed by atoms with E-state index < -0.39 is 11.6 Å². The largest absolute Gasteiger partial charge is 0.265 e. The van der Waals surface area contributed by atoms with Gasteiger partial charge in [0, 0.05) is 11.3 Å². The van der Waals surface area contributed by atoms with Gasteiger partial charge in [-0.15, -0.1) is 0 Å². The number of benzene rings is 1. The van der Waals surface area contributed by atoms with Gasteiger partial charge in [-0.05, 0) is 25.0 Å². The molecule has 0 aliphatic rings. The number of aryl methyl sites for hydroxylation is 2. The maximum absolute atomic E-state index is 13.6. The molecule has 2 rings (SSSR count). The number of halogens is 2. The van der Waals surface area contributed by atoms with Crippen molar-refractivity contribution in [2.45, 2.75) is 33.2 Å². The molecule has 1 aromatic carbocycles. The molecule has 1 heterocycles. The first-order valence-corrected chi connectivity index (χ1v) is 6.14. The molecule has 2 aromatic rings. The summed E-state index contributed by atoms with van der Waals surface area (Å²) in [5.41, 5.74) is 2.34. The highest BCUT2D eigenvalue weighted by atomic mass is 19.2. The molecule has 0 radical (unpaired) electrons. The van der Waals surface area contributed by atoms with Crippen molar-refractivity contribution in [2.24, 2.45) is 0 Å². The standard InChI is InChI=1S/C14H16F2N2/c1-3-11-8-12(4-2)18(17-11)9-10-6-5-7-13(15)14(10)16/h5-8H,3-4,9H2,1-2H3. The van der Waals surface area contributed by atoms with Crippen molar-refractivity contribution in [1.29, 1.82) is 0 Å². The van der Waals surface area contributed by atoms with Crippen LogP contribution in [0, 0.1) is 11.6 Å². The van der Waals surface area contributed by atoms with Crippen LogP contribution in [0.25, 0.3) is 0 Å². The van der Waals surface area contributed by atoms with Crippen LogP contribution >= 0.6 is 0 Å². The predicted octanol–water partition coefficient (Wildman–Crippen LogP) is 3.33. The third kappa shape index (κ3) is 2.42. The molecule has 4 heteroatoms.